The minimum absolute atomic E-state index is 0.123. The highest BCUT2D eigenvalue weighted by molar-refractivity contribution is 6.40. The third-order valence-electron chi connectivity index (χ3n) is 3.27. The Kier molecular flexibility index (Phi) is 5.97. The standard InChI is InChI=1S/C17H16ClN3O4/c1-10-6-7-12(18)8-13(10)20-16(23)17(24)21-19-9-11-4-3-5-14(25-2)15(11)22/h3-9,22H,1-2H3,(H,20,23)(H,21,24). The number of benzene rings is 2. The maximum absolute atomic E-state index is 11.9. The summed E-state index contributed by atoms with van der Waals surface area (Å²) >= 11 is 5.86. The molecule has 0 radical (unpaired) electrons. The summed E-state index contributed by atoms with van der Waals surface area (Å²) in [6.45, 7) is 1.77. The van der Waals surface area contributed by atoms with Gasteiger partial charge in [-0.3, -0.25) is 9.59 Å². The number of anilines is 1. The van der Waals surface area contributed by atoms with Crippen molar-refractivity contribution >= 4 is 35.3 Å². The number of rotatable bonds is 4. The van der Waals surface area contributed by atoms with Crippen LogP contribution in [0.4, 0.5) is 5.69 Å². The number of phenolic OH excluding ortho intramolecular Hbond substituents is 1. The van der Waals surface area contributed by atoms with E-state index in [0.29, 0.717) is 16.3 Å². The molecule has 2 amide bonds. The maximum Gasteiger partial charge on any atom is 0.329 e. The van der Waals surface area contributed by atoms with E-state index >= 15 is 0 Å². The van der Waals surface area contributed by atoms with Crippen LogP contribution in [0, 0.1) is 6.92 Å². The number of amides is 2. The number of hydrogen-bond acceptors (Lipinski definition) is 5. The number of aromatic hydroxyl groups is 1. The van der Waals surface area contributed by atoms with Crippen molar-refractivity contribution in [3.8, 4) is 11.5 Å². The Morgan fingerprint density at radius 1 is 1.24 bits per heavy atom. The molecule has 0 aliphatic rings. The number of phenols is 1. The van der Waals surface area contributed by atoms with Crippen LogP contribution in [0.15, 0.2) is 41.5 Å². The van der Waals surface area contributed by atoms with E-state index in [1.165, 1.54) is 13.3 Å². The van der Waals surface area contributed by atoms with Crippen LogP contribution < -0.4 is 15.5 Å². The molecule has 130 valence electrons. The van der Waals surface area contributed by atoms with Crippen LogP contribution in [0.25, 0.3) is 0 Å². The number of para-hydroxylation sites is 1. The van der Waals surface area contributed by atoms with Crippen molar-refractivity contribution in [2.45, 2.75) is 6.92 Å². The summed E-state index contributed by atoms with van der Waals surface area (Å²) in [4.78, 5) is 23.7. The molecule has 0 spiro atoms. The number of halogens is 1. The van der Waals surface area contributed by atoms with E-state index in [0.717, 1.165) is 5.56 Å². The average Bonchev–Trinajstić information content (AvgIpc) is 2.59. The van der Waals surface area contributed by atoms with Gasteiger partial charge < -0.3 is 15.2 Å². The molecular formula is C17H16ClN3O4. The molecule has 0 aromatic heterocycles. The molecule has 0 saturated carbocycles. The van der Waals surface area contributed by atoms with Gasteiger partial charge in [0.05, 0.1) is 13.3 Å². The van der Waals surface area contributed by atoms with Gasteiger partial charge in [0.15, 0.2) is 11.5 Å². The predicted molar refractivity (Wildman–Crippen MR) is 95.2 cm³/mol. The summed E-state index contributed by atoms with van der Waals surface area (Å²) in [6, 6.07) is 9.74. The fourth-order valence-corrected chi connectivity index (χ4v) is 2.10. The molecule has 0 atom stereocenters. The van der Waals surface area contributed by atoms with Gasteiger partial charge >= 0.3 is 11.8 Å². The van der Waals surface area contributed by atoms with E-state index in [4.69, 9.17) is 16.3 Å². The van der Waals surface area contributed by atoms with E-state index in [2.05, 4.69) is 15.8 Å². The summed E-state index contributed by atoms with van der Waals surface area (Å²) in [5.41, 5.74) is 3.60. The Bertz CT molecular complexity index is 837. The smallest absolute Gasteiger partial charge is 0.329 e. The second-order valence-corrected chi connectivity index (χ2v) is 5.45. The Hall–Kier alpha value is -3.06. The van der Waals surface area contributed by atoms with Crippen LogP contribution in [0.3, 0.4) is 0 Å². The fourth-order valence-electron chi connectivity index (χ4n) is 1.93. The normalized spacial score (nSPS) is 10.5. The molecule has 0 saturated heterocycles. The van der Waals surface area contributed by atoms with Crippen molar-refractivity contribution in [1.29, 1.82) is 0 Å². The lowest BCUT2D eigenvalue weighted by Crippen LogP contribution is -2.32. The van der Waals surface area contributed by atoms with Crippen molar-refractivity contribution < 1.29 is 19.4 Å². The van der Waals surface area contributed by atoms with E-state index in [-0.39, 0.29) is 11.5 Å². The van der Waals surface area contributed by atoms with Crippen molar-refractivity contribution in [3.05, 3.63) is 52.5 Å². The van der Waals surface area contributed by atoms with Gasteiger partial charge in [-0.2, -0.15) is 5.10 Å². The van der Waals surface area contributed by atoms with E-state index < -0.39 is 11.8 Å². The number of nitrogens with one attached hydrogen (secondary N) is 2. The number of carbonyl (C=O) groups excluding carboxylic acids is 2. The highest BCUT2D eigenvalue weighted by Gasteiger charge is 2.14. The first kappa shape index (κ1) is 18.3. The lowest BCUT2D eigenvalue weighted by Gasteiger charge is -2.08. The molecular weight excluding hydrogens is 346 g/mol. The quantitative estimate of drug-likeness (QED) is 0.442. The maximum atomic E-state index is 11.9. The zero-order valence-corrected chi connectivity index (χ0v) is 14.3. The number of methoxy groups -OCH3 is 1. The van der Waals surface area contributed by atoms with Crippen LogP contribution in [0.1, 0.15) is 11.1 Å². The van der Waals surface area contributed by atoms with E-state index in [1.54, 1.807) is 43.3 Å². The second kappa shape index (κ2) is 8.16. The third-order valence-corrected chi connectivity index (χ3v) is 3.51. The number of hydrazone groups is 1. The molecule has 3 N–H and O–H groups in total. The van der Waals surface area contributed by atoms with Crippen molar-refractivity contribution in [1.82, 2.24) is 5.43 Å². The third kappa shape index (κ3) is 4.71. The zero-order valence-electron chi connectivity index (χ0n) is 13.5. The molecule has 0 heterocycles. The molecule has 2 aromatic carbocycles. The summed E-state index contributed by atoms with van der Waals surface area (Å²) in [7, 11) is 1.42. The van der Waals surface area contributed by atoms with E-state index in [1.807, 2.05) is 0 Å². The fraction of sp³-hybridized carbons (Fsp3) is 0.118. The van der Waals surface area contributed by atoms with Gasteiger partial charge in [0.2, 0.25) is 0 Å². The van der Waals surface area contributed by atoms with Gasteiger partial charge in [-0.15, -0.1) is 0 Å². The van der Waals surface area contributed by atoms with Gasteiger partial charge in [-0.1, -0.05) is 23.7 Å². The van der Waals surface area contributed by atoms with E-state index in [9.17, 15) is 14.7 Å². The molecule has 2 aromatic rings. The number of ether oxygens (including phenoxy) is 1. The van der Waals surface area contributed by atoms with Crippen molar-refractivity contribution in [2.75, 3.05) is 12.4 Å². The summed E-state index contributed by atoms with van der Waals surface area (Å²) in [5.74, 6) is -1.71. The minimum atomic E-state index is -0.960. The summed E-state index contributed by atoms with van der Waals surface area (Å²) < 4.78 is 4.96. The minimum Gasteiger partial charge on any atom is -0.504 e. The lowest BCUT2D eigenvalue weighted by atomic mass is 10.2. The van der Waals surface area contributed by atoms with Crippen LogP contribution in [-0.2, 0) is 9.59 Å². The Balaban J connectivity index is 2.00. The number of aryl methyl sites for hydroxylation is 1. The van der Waals surface area contributed by atoms with Crippen molar-refractivity contribution in [3.63, 3.8) is 0 Å². The second-order valence-electron chi connectivity index (χ2n) is 5.01. The zero-order chi connectivity index (χ0) is 18.4. The number of carbonyl (C=O) groups is 2. The highest BCUT2D eigenvalue weighted by atomic mass is 35.5. The molecule has 7 nitrogen and oxygen atoms in total. The molecule has 2 rings (SSSR count). The number of nitrogens with zero attached hydrogens (tertiary/aromatic N) is 1. The predicted octanol–water partition coefficient (Wildman–Crippen LogP) is 2.45. The highest BCUT2D eigenvalue weighted by Crippen LogP contribution is 2.27. The van der Waals surface area contributed by atoms with Crippen LogP contribution in [-0.4, -0.2) is 30.2 Å². The average molecular weight is 362 g/mol. The molecule has 0 aliphatic heterocycles. The first-order valence-corrected chi connectivity index (χ1v) is 7.56. The van der Waals surface area contributed by atoms with Gasteiger partial charge in [0.1, 0.15) is 0 Å². The first-order valence-electron chi connectivity index (χ1n) is 7.19. The summed E-state index contributed by atoms with van der Waals surface area (Å²) in [5, 5.41) is 16.4. The Morgan fingerprint density at radius 3 is 2.72 bits per heavy atom. The Labute approximate surface area is 149 Å². The summed E-state index contributed by atoms with van der Waals surface area (Å²) in [6.07, 6.45) is 1.20. The molecule has 0 fully saturated rings. The molecule has 8 heteroatoms. The monoisotopic (exact) mass is 361 g/mol. The van der Waals surface area contributed by atoms with Crippen LogP contribution >= 0.6 is 11.6 Å². The largest absolute Gasteiger partial charge is 0.504 e. The van der Waals surface area contributed by atoms with Gasteiger partial charge in [0, 0.05) is 16.3 Å². The van der Waals surface area contributed by atoms with Crippen LogP contribution in [0.5, 0.6) is 11.5 Å². The Morgan fingerprint density at radius 2 is 2.00 bits per heavy atom. The van der Waals surface area contributed by atoms with Gasteiger partial charge in [0.25, 0.3) is 0 Å². The SMILES string of the molecule is COc1cccc(C=NNC(=O)C(=O)Nc2cc(Cl)ccc2C)c1O. The molecule has 25 heavy (non-hydrogen) atoms. The molecule has 0 unspecified atom stereocenters. The van der Waals surface area contributed by atoms with Gasteiger partial charge in [-0.25, -0.2) is 5.43 Å². The molecule has 0 bridgehead atoms. The number of hydrogen-bond donors (Lipinski definition) is 3. The van der Waals surface area contributed by atoms with Crippen molar-refractivity contribution in [2.24, 2.45) is 5.10 Å². The topological polar surface area (TPSA) is 100 Å². The lowest BCUT2D eigenvalue weighted by molar-refractivity contribution is -0.136. The van der Waals surface area contributed by atoms with Crippen LogP contribution in [0.2, 0.25) is 5.02 Å². The van der Waals surface area contributed by atoms with Gasteiger partial charge in [-0.05, 0) is 36.8 Å². The first-order chi connectivity index (χ1) is 11.9. The molecule has 0 aliphatic carbocycles.